The molecule has 0 atom stereocenters. The number of aryl methyl sites for hydroxylation is 2. The number of carboxylic acid groups (broad SMARTS) is 1. The van der Waals surface area contributed by atoms with Gasteiger partial charge in [-0.15, -0.1) is 0 Å². The van der Waals surface area contributed by atoms with Crippen LogP contribution in [0, 0.1) is 13.8 Å². The molecule has 0 saturated carbocycles. The highest BCUT2D eigenvalue weighted by Crippen LogP contribution is 2.18. The van der Waals surface area contributed by atoms with Crippen molar-refractivity contribution in [1.29, 1.82) is 0 Å². The summed E-state index contributed by atoms with van der Waals surface area (Å²) in [7, 11) is 1.46. The predicted octanol–water partition coefficient (Wildman–Crippen LogP) is 0.729. The van der Waals surface area contributed by atoms with Gasteiger partial charge in [0.15, 0.2) is 0 Å². The fourth-order valence-electron chi connectivity index (χ4n) is 1.23. The summed E-state index contributed by atoms with van der Waals surface area (Å²) >= 11 is 0. The van der Waals surface area contributed by atoms with Gasteiger partial charge in [0.25, 0.3) is 0 Å². The fraction of sp³-hybridized carbons (Fsp3) is 0.444. The smallest absolute Gasteiger partial charge is 0.308 e. The van der Waals surface area contributed by atoms with Crippen molar-refractivity contribution >= 4 is 5.97 Å². The van der Waals surface area contributed by atoms with Gasteiger partial charge in [0.2, 0.25) is 5.88 Å². The van der Waals surface area contributed by atoms with Crippen LogP contribution in [0.25, 0.3) is 0 Å². The van der Waals surface area contributed by atoms with Crippen LogP contribution >= 0.6 is 0 Å². The van der Waals surface area contributed by atoms with Crippen molar-refractivity contribution in [2.45, 2.75) is 20.3 Å². The number of hydrogen-bond donors (Lipinski definition) is 1. The number of nitrogens with zero attached hydrogens (tertiary/aromatic N) is 2. The number of hydrogen-bond acceptors (Lipinski definition) is 4. The zero-order valence-corrected chi connectivity index (χ0v) is 8.37. The topological polar surface area (TPSA) is 72.3 Å². The SMILES string of the molecule is COc1nc(C)nc(C)c1CC(=O)O. The summed E-state index contributed by atoms with van der Waals surface area (Å²) in [5, 5.41) is 8.67. The first kappa shape index (κ1) is 10.4. The van der Waals surface area contributed by atoms with E-state index in [4.69, 9.17) is 9.84 Å². The number of carboxylic acids is 1. The van der Waals surface area contributed by atoms with Gasteiger partial charge in [0.05, 0.1) is 13.5 Å². The largest absolute Gasteiger partial charge is 0.481 e. The van der Waals surface area contributed by atoms with E-state index in [1.165, 1.54) is 7.11 Å². The monoisotopic (exact) mass is 196 g/mol. The molecule has 5 heteroatoms. The third-order valence-corrected chi connectivity index (χ3v) is 1.81. The van der Waals surface area contributed by atoms with E-state index in [1.807, 2.05) is 0 Å². The second kappa shape index (κ2) is 4.04. The van der Waals surface area contributed by atoms with Crippen LogP contribution in [0.3, 0.4) is 0 Å². The molecule has 76 valence electrons. The summed E-state index contributed by atoms with van der Waals surface area (Å²) in [6.07, 6.45) is -0.116. The lowest BCUT2D eigenvalue weighted by Gasteiger charge is -2.08. The highest BCUT2D eigenvalue weighted by Gasteiger charge is 2.13. The van der Waals surface area contributed by atoms with E-state index in [9.17, 15) is 4.79 Å². The molecule has 5 nitrogen and oxygen atoms in total. The molecule has 0 spiro atoms. The van der Waals surface area contributed by atoms with E-state index in [2.05, 4.69) is 9.97 Å². The van der Waals surface area contributed by atoms with Crippen molar-refractivity contribution in [3.05, 3.63) is 17.1 Å². The quantitative estimate of drug-likeness (QED) is 0.771. The summed E-state index contributed by atoms with van der Waals surface area (Å²) in [5.74, 6) is 0.00439. The molecule has 0 aliphatic heterocycles. The summed E-state index contributed by atoms with van der Waals surface area (Å²) in [6, 6.07) is 0. The molecule has 0 aliphatic carbocycles. The van der Waals surface area contributed by atoms with Crippen molar-refractivity contribution in [2.75, 3.05) is 7.11 Å². The molecule has 1 aromatic rings. The van der Waals surface area contributed by atoms with Crippen LogP contribution < -0.4 is 4.74 Å². The molecule has 0 aromatic carbocycles. The van der Waals surface area contributed by atoms with E-state index in [0.29, 0.717) is 23.0 Å². The van der Waals surface area contributed by atoms with Gasteiger partial charge < -0.3 is 9.84 Å². The van der Waals surface area contributed by atoms with E-state index in [0.717, 1.165) is 0 Å². The van der Waals surface area contributed by atoms with Crippen LogP contribution in [0.1, 0.15) is 17.1 Å². The minimum atomic E-state index is -0.918. The lowest BCUT2D eigenvalue weighted by molar-refractivity contribution is -0.136. The maximum absolute atomic E-state index is 10.6. The maximum Gasteiger partial charge on any atom is 0.308 e. The first-order valence-corrected chi connectivity index (χ1v) is 4.14. The molecule has 1 heterocycles. The number of aromatic nitrogens is 2. The van der Waals surface area contributed by atoms with Crippen molar-refractivity contribution < 1.29 is 14.6 Å². The third kappa shape index (κ3) is 2.18. The molecule has 14 heavy (non-hydrogen) atoms. The molecule has 0 unspecified atom stereocenters. The Labute approximate surface area is 81.8 Å². The second-order valence-corrected chi connectivity index (χ2v) is 2.91. The highest BCUT2D eigenvalue weighted by molar-refractivity contribution is 5.71. The fourth-order valence-corrected chi connectivity index (χ4v) is 1.23. The Bertz CT molecular complexity index is 363. The van der Waals surface area contributed by atoms with Crippen molar-refractivity contribution in [2.24, 2.45) is 0 Å². The van der Waals surface area contributed by atoms with Gasteiger partial charge in [-0.05, 0) is 13.8 Å². The molecule has 0 amide bonds. The Balaban J connectivity index is 3.18. The van der Waals surface area contributed by atoms with Gasteiger partial charge in [0, 0.05) is 11.3 Å². The molecule has 1 N–H and O–H groups in total. The van der Waals surface area contributed by atoms with Gasteiger partial charge in [-0.1, -0.05) is 0 Å². The standard InChI is InChI=1S/C9H12N2O3/c1-5-7(4-8(12)13)9(14-3)11-6(2)10-5/h4H2,1-3H3,(H,12,13). The Morgan fingerprint density at radius 1 is 1.43 bits per heavy atom. The van der Waals surface area contributed by atoms with Gasteiger partial charge in [-0.25, -0.2) is 4.98 Å². The van der Waals surface area contributed by atoms with Crippen LogP contribution in [-0.4, -0.2) is 28.2 Å². The molecule has 1 rings (SSSR count). The zero-order valence-electron chi connectivity index (χ0n) is 8.37. The van der Waals surface area contributed by atoms with Crippen LogP contribution in [0.15, 0.2) is 0 Å². The number of carbonyl (C=O) groups is 1. The summed E-state index contributed by atoms with van der Waals surface area (Å²) in [5.41, 5.74) is 1.18. The third-order valence-electron chi connectivity index (χ3n) is 1.81. The van der Waals surface area contributed by atoms with Crippen LogP contribution in [-0.2, 0) is 11.2 Å². The number of methoxy groups -OCH3 is 1. The first-order valence-electron chi connectivity index (χ1n) is 4.14. The normalized spacial score (nSPS) is 9.93. The molecule has 0 radical (unpaired) electrons. The van der Waals surface area contributed by atoms with Crippen LogP contribution in [0.4, 0.5) is 0 Å². The zero-order chi connectivity index (χ0) is 10.7. The van der Waals surface area contributed by atoms with Crippen LogP contribution in [0.2, 0.25) is 0 Å². The van der Waals surface area contributed by atoms with Crippen molar-refractivity contribution in [3.8, 4) is 5.88 Å². The van der Waals surface area contributed by atoms with E-state index < -0.39 is 5.97 Å². The lowest BCUT2D eigenvalue weighted by atomic mass is 10.1. The Morgan fingerprint density at radius 3 is 2.57 bits per heavy atom. The van der Waals surface area contributed by atoms with E-state index >= 15 is 0 Å². The molecule has 0 fully saturated rings. The molecule has 0 bridgehead atoms. The van der Waals surface area contributed by atoms with Crippen LogP contribution in [0.5, 0.6) is 5.88 Å². The van der Waals surface area contributed by atoms with Crippen molar-refractivity contribution in [3.63, 3.8) is 0 Å². The Kier molecular flexibility index (Phi) is 3.01. The second-order valence-electron chi connectivity index (χ2n) is 2.91. The molecular formula is C9H12N2O3. The van der Waals surface area contributed by atoms with E-state index in [1.54, 1.807) is 13.8 Å². The summed E-state index contributed by atoms with van der Waals surface area (Å²) in [6.45, 7) is 3.48. The maximum atomic E-state index is 10.6. The predicted molar refractivity (Wildman–Crippen MR) is 49.4 cm³/mol. The number of aliphatic carboxylic acids is 1. The molecular weight excluding hydrogens is 184 g/mol. The minimum Gasteiger partial charge on any atom is -0.481 e. The number of ether oxygens (including phenoxy) is 1. The lowest BCUT2D eigenvalue weighted by Crippen LogP contribution is -2.08. The van der Waals surface area contributed by atoms with Gasteiger partial charge in [0.1, 0.15) is 5.82 Å². The average molecular weight is 196 g/mol. The summed E-state index contributed by atoms with van der Waals surface area (Å²) in [4.78, 5) is 18.7. The van der Waals surface area contributed by atoms with E-state index in [-0.39, 0.29) is 6.42 Å². The molecule has 0 aliphatic rings. The van der Waals surface area contributed by atoms with Crippen molar-refractivity contribution in [1.82, 2.24) is 9.97 Å². The summed E-state index contributed by atoms with van der Waals surface area (Å²) < 4.78 is 4.99. The highest BCUT2D eigenvalue weighted by atomic mass is 16.5. The van der Waals surface area contributed by atoms with Gasteiger partial charge >= 0.3 is 5.97 Å². The minimum absolute atomic E-state index is 0.116. The molecule has 0 saturated heterocycles. The molecule has 1 aromatic heterocycles. The Morgan fingerprint density at radius 2 is 2.07 bits per heavy atom. The Hall–Kier alpha value is -1.65. The van der Waals surface area contributed by atoms with Gasteiger partial charge in [-0.2, -0.15) is 4.98 Å². The average Bonchev–Trinajstić information content (AvgIpc) is 2.08. The van der Waals surface area contributed by atoms with Gasteiger partial charge in [-0.3, -0.25) is 4.79 Å². The first-order chi connectivity index (χ1) is 6.54. The number of rotatable bonds is 3.